The number of nitrogens with zero attached hydrogens (tertiary/aromatic N) is 2. The lowest BCUT2D eigenvalue weighted by molar-refractivity contribution is 0.797. The minimum Gasteiger partial charge on any atom is -0.339 e. The molecule has 15 heavy (non-hydrogen) atoms. The molecule has 0 aliphatic carbocycles. The van der Waals surface area contributed by atoms with E-state index in [1.54, 1.807) is 6.20 Å². The maximum atomic E-state index is 4.31. The van der Waals surface area contributed by atoms with E-state index < -0.39 is 0 Å². The maximum Gasteiger partial charge on any atom is 0.156 e. The number of hydrogen-bond acceptors (Lipinski definition) is 3. The van der Waals surface area contributed by atoms with Gasteiger partial charge in [-0.25, -0.2) is 4.98 Å². The average molecular weight is 202 g/mol. The Morgan fingerprint density at radius 3 is 3.00 bits per heavy atom. The zero-order valence-electron chi connectivity index (χ0n) is 8.91. The first kappa shape index (κ1) is 9.86. The van der Waals surface area contributed by atoms with Gasteiger partial charge in [-0.1, -0.05) is 6.07 Å². The second-order valence-corrected chi connectivity index (χ2v) is 3.46. The average Bonchev–Trinajstić information content (AvgIpc) is 2.68. The molecule has 2 N–H and O–H groups in total. The van der Waals surface area contributed by atoms with Crippen molar-refractivity contribution in [3.8, 4) is 11.5 Å². The Kier molecular flexibility index (Phi) is 2.78. The number of H-pyrrole nitrogens is 1. The summed E-state index contributed by atoms with van der Waals surface area (Å²) in [6, 6.07) is 3.96. The second kappa shape index (κ2) is 4.23. The highest BCUT2D eigenvalue weighted by Gasteiger charge is 2.06. The molecule has 0 fully saturated rings. The van der Waals surface area contributed by atoms with E-state index in [1.165, 1.54) is 0 Å². The maximum absolute atomic E-state index is 4.31. The number of aromatic nitrogens is 3. The van der Waals surface area contributed by atoms with Gasteiger partial charge in [0.1, 0.15) is 5.69 Å². The van der Waals surface area contributed by atoms with Gasteiger partial charge in [-0.15, -0.1) is 0 Å². The fourth-order valence-electron chi connectivity index (χ4n) is 1.49. The molecule has 0 atom stereocenters. The fraction of sp³-hybridized carbons (Fsp3) is 0.273. The zero-order chi connectivity index (χ0) is 10.7. The Bertz CT molecular complexity index is 447. The van der Waals surface area contributed by atoms with E-state index in [4.69, 9.17) is 0 Å². The Balaban J connectivity index is 2.33. The quantitative estimate of drug-likeness (QED) is 0.793. The fourth-order valence-corrected chi connectivity index (χ4v) is 1.49. The first-order chi connectivity index (χ1) is 7.31. The van der Waals surface area contributed by atoms with Crippen LogP contribution in [0.4, 0.5) is 0 Å². The van der Waals surface area contributed by atoms with Gasteiger partial charge in [0.25, 0.3) is 0 Å². The predicted molar refractivity (Wildman–Crippen MR) is 59.3 cm³/mol. The molecule has 0 aromatic carbocycles. The van der Waals surface area contributed by atoms with E-state index >= 15 is 0 Å². The zero-order valence-corrected chi connectivity index (χ0v) is 8.91. The lowest BCUT2D eigenvalue weighted by atomic mass is 10.2. The van der Waals surface area contributed by atoms with Gasteiger partial charge in [0.2, 0.25) is 0 Å². The van der Waals surface area contributed by atoms with E-state index in [1.807, 2.05) is 32.3 Å². The number of imidazole rings is 1. The molecule has 2 aromatic rings. The normalized spacial score (nSPS) is 10.5. The smallest absolute Gasteiger partial charge is 0.156 e. The molecule has 0 aliphatic rings. The van der Waals surface area contributed by atoms with Gasteiger partial charge in [-0.05, 0) is 25.6 Å². The molecular formula is C11H14N4. The number of hydrogen-bond donors (Lipinski definition) is 2. The number of pyridine rings is 1. The Hall–Kier alpha value is -1.68. The summed E-state index contributed by atoms with van der Waals surface area (Å²) in [5, 5.41) is 3.07. The van der Waals surface area contributed by atoms with Gasteiger partial charge in [0, 0.05) is 18.4 Å². The number of rotatable bonds is 3. The summed E-state index contributed by atoms with van der Waals surface area (Å²) in [6.07, 6.45) is 3.61. The third kappa shape index (κ3) is 2.05. The van der Waals surface area contributed by atoms with Crippen LogP contribution in [0.1, 0.15) is 11.3 Å². The van der Waals surface area contributed by atoms with Crippen molar-refractivity contribution in [2.75, 3.05) is 7.05 Å². The van der Waals surface area contributed by atoms with E-state index in [0.717, 1.165) is 29.3 Å². The standard InChI is InChI=1S/C11H14N4/c1-8-4-3-5-13-10(8)11-14-7-9(15-11)6-12-2/h3-5,7,12H,6H2,1-2H3,(H,14,15). The molecule has 2 heterocycles. The molecule has 0 aliphatic heterocycles. The van der Waals surface area contributed by atoms with Crippen molar-refractivity contribution in [2.45, 2.75) is 13.5 Å². The molecule has 4 nitrogen and oxygen atoms in total. The topological polar surface area (TPSA) is 53.6 Å². The first-order valence-corrected chi connectivity index (χ1v) is 4.91. The Morgan fingerprint density at radius 2 is 2.27 bits per heavy atom. The largest absolute Gasteiger partial charge is 0.339 e. The SMILES string of the molecule is CNCc1cnc(-c2ncccc2C)[nH]1. The van der Waals surface area contributed by atoms with Gasteiger partial charge in [0.05, 0.1) is 6.20 Å². The second-order valence-electron chi connectivity index (χ2n) is 3.46. The van der Waals surface area contributed by atoms with Gasteiger partial charge < -0.3 is 10.3 Å². The third-order valence-electron chi connectivity index (χ3n) is 2.23. The Morgan fingerprint density at radius 1 is 1.40 bits per heavy atom. The van der Waals surface area contributed by atoms with Crippen LogP contribution in [0.25, 0.3) is 11.5 Å². The Labute approximate surface area is 88.8 Å². The van der Waals surface area contributed by atoms with Crippen LogP contribution in [-0.2, 0) is 6.54 Å². The number of aromatic amines is 1. The first-order valence-electron chi connectivity index (χ1n) is 4.91. The monoisotopic (exact) mass is 202 g/mol. The summed E-state index contributed by atoms with van der Waals surface area (Å²) in [6.45, 7) is 2.82. The molecule has 0 saturated heterocycles. The van der Waals surface area contributed by atoms with Crippen molar-refractivity contribution in [1.82, 2.24) is 20.3 Å². The van der Waals surface area contributed by atoms with Gasteiger partial charge >= 0.3 is 0 Å². The van der Waals surface area contributed by atoms with E-state index in [9.17, 15) is 0 Å². The molecule has 78 valence electrons. The molecule has 2 rings (SSSR count). The molecule has 0 bridgehead atoms. The van der Waals surface area contributed by atoms with Crippen molar-refractivity contribution in [1.29, 1.82) is 0 Å². The van der Waals surface area contributed by atoms with Crippen LogP contribution in [0.2, 0.25) is 0 Å². The third-order valence-corrected chi connectivity index (χ3v) is 2.23. The van der Waals surface area contributed by atoms with Crippen molar-refractivity contribution >= 4 is 0 Å². The summed E-state index contributed by atoms with van der Waals surface area (Å²) in [5.74, 6) is 0.832. The van der Waals surface area contributed by atoms with Crippen LogP contribution in [0.15, 0.2) is 24.5 Å². The van der Waals surface area contributed by atoms with Crippen LogP contribution in [-0.4, -0.2) is 22.0 Å². The van der Waals surface area contributed by atoms with Crippen LogP contribution >= 0.6 is 0 Å². The molecule has 2 aromatic heterocycles. The van der Waals surface area contributed by atoms with Crippen LogP contribution in [0.5, 0.6) is 0 Å². The summed E-state index contributed by atoms with van der Waals surface area (Å²) < 4.78 is 0. The summed E-state index contributed by atoms with van der Waals surface area (Å²) in [5.41, 5.74) is 3.11. The molecule has 4 heteroatoms. The van der Waals surface area contributed by atoms with Crippen molar-refractivity contribution in [3.63, 3.8) is 0 Å². The molecule has 0 saturated carbocycles. The highest BCUT2D eigenvalue weighted by Crippen LogP contribution is 2.16. The molecular weight excluding hydrogens is 188 g/mol. The minimum atomic E-state index is 0.791. The van der Waals surface area contributed by atoms with Crippen LogP contribution in [0.3, 0.4) is 0 Å². The molecule has 0 amide bonds. The number of nitrogens with one attached hydrogen (secondary N) is 2. The van der Waals surface area contributed by atoms with Crippen molar-refractivity contribution < 1.29 is 0 Å². The van der Waals surface area contributed by atoms with E-state index in [0.29, 0.717) is 0 Å². The van der Waals surface area contributed by atoms with Gasteiger partial charge in [0.15, 0.2) is 5.82 Å². The molecule has 0 unspecified atom stereocenters. The number of aryl methyl sites for hydroxylation is 1. The summed E-state index contributed by atoms with van der Waals surface area (Å²) in [7, 11) is 1.91. The molecule has 0 spiro atoms. The van der Waals surface area contributed by atoms with Crippen molar-refractivity contribution in [3.05, 3.63) is 35.8 Å². The highest BCUT2D eigenvalue weighted by molar-refractivity contribution is 5.54. The molecule has 0 radical (unpaired) electrons. The minimum absolute atomic E-state index is 0.791. The summed E-state index contributed by atoms with van der Waals surface area (Å²) in [4.78, 5) is 11.9. The van der Waals surface area contributed by atoms with Crippen LogP contribution < -0.4 is 5.32 Å². The lowest BCUT2D eigenvalue weighted by Gasteiger charge is -1.99. The van der Waals surface area contributed by atoms with E-state index in [-0.39, 0.29) is 0 Å². The van der Waals surface area contributed by atoms with Gasteiger partial charge in [-0.2, -0.15) is 0 Å². The predicted octanol–water partition coefficient (Wildman–Crippen LogP) is 1.50. The summed E-state index contributed by atoms with van der Waals surface area (Å²) >= 11 is 0. The van der Waals surface area contributed by atoms with Crippen molar-refractivity contribution in [2.24, 2.45) is 0 Å². The van der Waals surface area contributed by atoms with Crippen LogP contribution in [0, 0.1) is 6.92 Å². The van der Waals surface area contributed by atoms with E-state index in [2.05, 4.69) is 20.3 Å². The lowest BCUT2D eigenvalue weighted by Crippen LogP contribution is -2.05. The van der Waals surface area contributed by atoms with Gasteiger partial charge in [-0.3, -0.25) is 4.98 Å². The highest BCUT2D eigenvalue weighted by atomic mass is 15.0.